The number of aryl methyl sites for hydroxylation is 3. The van der Waals surface area contributed by atoms with Gasteiger partial charge >= 0.3 is 11.9 Å². The number of Topliss-reactive ketones (excluding diaryl/α,β-unsaturated/α-hetero) is 2. The van der Waals surface area contributed by atoms with Crippen LogP contribution in [0.5, 0.6) is 0 Å². The summed E-state index contributed by atoms with van der Waals surface area (Å²) in [5.41, 5.74) is 25.0. The first kappa shape index (κ1) is 67.7. The summed E-state index contributed by atoms with van der Waals surface area (Å²) < 4.78 is 9.90. The fraction of sp³-hybridized carbons (Fsp3) is 0.382. The Labute approximate surface area is 554 Å². The van der Waals surface area contributed by atoms with Crippen LogP contribution in [0.3, 0.4) is 0 Å². The van der Waals surface area contributed by atoms with E-state index < -0.39 is 0 Å². The van der Waals surface area contributed by atoms with E-state index in [2.05, 4.69) is 80.7 Å². The Bertz CT molecular complexity index is 4120. The van der Waals surface area contributed by atoms with E-state index in [4.69, 9.17) is 49.3 Å². The molecule has 86 heavy (non-hydrogen) atoms. The van der Waals surface area contributed by atoms with Gasteiger partial charge in [0.1, 0.15) is 0 Å². The second kappa shape index (κ2) is 26.9. The molecular formula is C68H70N8O6Zn4-4. The fourth-order valence-corrected chi connectivity index (χ4v) is 13.6. The number of hydrogen-bond donors (Lipinski definition) is 0. The van der Waals surface area contributed by atoms with E-state index in [0.717, 1.165) is 147 Å². The van der Waals surface area contributed by atoms with Crippen molar-refractivity contribution in [2.45, 2.75) is 156 Å². The third kappa shape index (κ3) is 11.6. The molecule has 0 fully saturated rings. The number of rotatable bonds is 10. The molecule has 0 saturated carbocycles. The Kier molecular flexibility index (Phi) is 21.2. The number of methoxy groups -OCH3 is 2. The average Bonchev–Trinajstić information content (AvgIpc) is 2.63. The van der Waals surface area contributed by atoms with Crippen LogP contribution >= 0.6 is 0 Å². The number of hydrogen-bond acceptors (Lipinski definition) is 10. The topological polar surface area (TPSA) is 195 Å². The van der Waals surface area contributed by atoms with Crippen LogP contribution in [0.4, 0.5) is 0 Å². The number of carbonyl (C=O) groups excluding carboxylic acids is 4. The van der Waals surface area contributed by atoms with Gasteiger partial charge in [-0.15, -0.1) is 39.7 Å². The van der Waals surface area contributed by atoms with Crippen LogP contribution in [0.2, 0.25) is 0 Å². The molecule has 6 unspecified atom stereocenters. The number of nitrogens with zero attached hydrogens (tertiary/aromatic N) is 8. The summed E-state index contributed by atoms with van der Waals surface area (Å²) in [6, 6.07) is 12.3. The van der Waals surface area contributed by atoms with Crippen molar-refractivity contribution in [2.24, 2.45) is 0 Å². The van der Waals surface area contributed by atoms with Gasteiger partial charge in [-0.2, -0.15) is 11.4 Å². The third-order valence-corrected chi connectivity index (χ3v) is 18.5. The second-order valence-electron chi connectivity index (χ2n) is 22.9. The van der Waals surface area contributed by atoms with Crippen molar-refractivity contribution in [1.82, 2.24) is 39.9 Å². The van der Waals surface area contributed by atoms with Crippen molar-refractivity contribution < 1.29 is 107 Å². The number of carbonyl (C=O) groups is 4. The van der Waals surface area contributed by atoms with E-state index in [9.17, 15) is 19.2 Å². The summed E-state index contributed by atoms with van der Waals surface area (Å²) in [6.45, 7) is 29.1. The minimum atomic E-state index is -0.257. The van der Waals surface area contributed by atoms with E-state index in [-0.39, 0.29) is 163 Å². The van der Waals surface area contributed by atoms with Gasteiger partial charge in [-0.3, -0.25) is 29.1 Å². The summed E-state index contributed by atoms with van der Waals surface area (Å²) in [6.07, 6.45) is 7.72. The van der Waals surface area contributed by atoms with Crippen molar-refractivity contribution in [3.05, 3.63) is 157 Å². The second-order valence-corrected chi connectivity index (χ2v) is 22.9. The molecule has 14 nitrogen and oxygen atoms in total. The average molecular weight is 1360 g/mol. The van der Waals surface area contributed by atoms with E-state index in [1.54, 1.807) is 0 Å². The zero-order chi connectivity index (χ0) is 58.3. The van der Waals surface area contributed by atoms with Crippen LogP contribution in [-0.2, 0) is 110 Å². The molecule has 0 aromatic carbocycles. The smallest absolute Gasteiger partial charge is 0.305 e. The van der Waals surface area contributed by atoms with Crippen LogP contribution in [0.1, 0.15) is 234 Å². The SMILES string of the molecule is C=CC1c2cc3nc(cc4[n-]c5c(c6nc(cc([n-]2)C1C)C(C)C6CCC(=O)OC)CC(=O)c5c4C)C(CC)=C3C.C=Cc1c(C)c2cc3nc(c4c5[n-]c(cc6nc(cc1[n-]2)C(C)=C6CC)c(C)c5C(=O)C4)C(CCC(=O)OC)C3C.[Zn].[Zn].[Zn].[Zn]. The summed E-state index contributed by atoms with van der Waals surface area (Å²) in [7, 11) is 2.82. The largest absolute Gasteiger partial charge is 0.664 e. The van der Waals surface area contributed by atoms with Crippen LogP contribution in [0, 0.1) is 20.8 Å². The number of aromatic nitrogens is 8. The number of ketones is 2. The summed E-state index contributed by atoms with van der Waals surface area (Å²) >= 11 is 0. The Morgan fingerprint density at radius 1 is 0.558 bits per heavy atom. The zero-order valence-electron chi connectivity index (χ0n) is 52.0. The summed E-state index contributed by atoms with van der Waals surface area (Å²) in [5.74, 6) is -0.223. The molecule has 5 aliphatic heterocycles. The molecule has 16 bridgehead atoms. The molecule has 0 N–H and O–H groups in total. The molecule has 0 saturated heterocycles. The Morgan fingerprint density at radius 3 is 1.44 bits per heavy atom. The molecule has 430 valence electrons. The molecule has 0 spiro atoms. The molecule has 12 rings (SSSR count). The molecule has 10 heterocycles. The van der Waals surface area contributed by atoms with Crippen LogP contribution in [0.15, 0.2) is 55.6 Å². The first-order chi connectivity index (χ1) is 39.3. The maximum absolute atomic E-state index is 13.4. The molecule has 5 aromatic heterocycles. The van der Waals surface area contributed by atoms with Gasteiger partial charge < -0.3 is 29.4 Å². The fourth-order valence-electron chi connectivity index (χ4n) is 13.6. The summed E-state index contributed by atoms with van der Waals surface area (Å²) in [4.78, 5) is 91.7. The number of esters is 2. The standard InChI is InChI=1S/C34H37N4O3.C34H35N4O3.4Zn/c2*1-8-20-16(3)24-13-26-18(5)22(10-11-31(40)41-7)33(37-26)23-12-30(39)32-19(6)27(38-34(23)32)15-29-21(9-2)17(4)25(36-29)14-28(20)35-24;;;;/h8,13-16,18,20,22H,1,9-12H2,2-7H3,(H-,35,36,37,38,39);8,13-15,18,22H,1,9-12H2,2-7H3,(H-,35,36,37,38,39);;;;/q2*-1;;;;/p-2. The van der Waals surface area contributed by atoms with Gasteiger partial charge in [0, 0.05) is 161 Å². The molecule has 5 aromatic rings. The summed E-state index contributed by atoms with van der Waals surface area (Å²) in [5, 5.41) is 0. The van der Waals surface area contributed by atoms with Gasteiger partial charge in [-0.25, -0.2) is 9.97 Å². The van der Waals surface area contributed by atoms with Gasteiger partial charge in [0.15, 0.2) is 11.6 Å². The van der Waals surface area contributed by atoms with Crippen LogP contribution in [0.25, 0.3) is 61.5 Å². The Balaban J connectivity index is 0.000000235. The van der Waals surface area contributed by atoms with Crippen molar-refractivity contribution in [3.8, 4) is 0 Å². The molecule has 0 radical (unpaired) electrons. The minimum absolute atomic E-state index is 0. The molecule has 6 atom stereocenters. The van der Waals surface area contributed by atoms with Gasteiger partial charge in [0.2, 0.25) is 0 Å². The van der Waals surface area contributed by atoms with E-state index in [0.29, 0.717) is 29.5 Å². The van der Waals surface area contributed by atoms with Crippen molar-refractivity contribution in [1.29, 1.82) is 0 Å². The quantitative estimate of drug-likeness (QED) is 0.0728. The van der Waals surface area contributed by atoms with Crippen LogP contribution < -0.4 is 19.9 Å². The first-order valence-electron chi connectivity index (χ1n) is 28.8. The van der Waals surface area contributed by atoms with E-state index >= 15 is 0 Å². The maximum Gasteiger partial charge on any atom is 0.305 e. The predicted octanol–water partition coefficient (Wildman–Crippen LogP) is 13.3. The molecule has 0 amide bonds. The van der Waals surface area contributed by atoms with Crippen LogP contribution in [-0.4, -0.2) is 57.7 Å². The van der Waals surface area contributed by atoms with Gasteiger partial charge in [0.25, 0.3) is 0 Å². The number of fused-ring (bicyclic) bond motifs is 16. The molecule has 7 aliphatic rings. The van der Waals surface area contributed by atoms with Crippen molar-refractivity contribution in [3.63, 3.8) is 0 Å². The van der Waals surface area contributed by atoms with Gasteiger partial charge in [-0.1, -0.05) is 106 Å². The predicted molar refractivity (Wildman–Crippen MR) is 321 cm³/mol. The third-order valence-electron chi connectivity index (χ3n) is 18.5. The minimum Gasteiger partial charge on any atom is -0.664 e. The molecular weight excluding hydrogens is 1290 g/mol. The molecule has 18 heteroatoms. The van der Waals surface area contributed by atoms with Gasteiger partial charge in [-0.05, 0) is 111 Å². The van der Waals surface area contributed by atoms with E-state index in [1.807, 2.05) is 50.3 Å². The Morgan fingerprint density at radius 2 is 1.00 bits per heavy atom. The van der Waals surface area contributed by atoms with Crippen molar-refractivity contribution >= 4 is 85.0 Å². The number of ether oxygens (including phenoxy) is 2. The normalized spacial score (nSPS) is 19.1. The maximum atomic E-state index is 13.4. The first-order valence-corrected chi connectivity index (χ1v) is 28.8. The Hall–Kier alpha value is -5.77. The van der Waals surface area contributed by atoms with Crippen molar-refractivity contribution in [2.75, 3.05) is 14.2 Å². The molecule has 2 aliphatic carbocycles. The van der Waals surface area contributed by atoms with Gasteiger partial charge in [0.05, 0.1) is 37.0 Å². The van der Waals surface area contributed by atoms with E-state index in [1.165, 1.54) is 19.8 Å². The number of allylic oxidation sites excluding steroid dienone is 5. The monoisotopic (exact) mass is 1350 g/mol. The zero-order valence-corrected chi connectivity index (χ0v) is 63.9.